The molecule has 3 aliphatic carbocycles. The number of rotatable bonds is 7. The standard InChI is InChI=1S/C21H37N3O2/c1-3-25-14-12-20(8-4-5-9-20)15-23-19(22-2)24-17-16-7-13-26-18(16)21(17)10-6-11-21/h16-18H,3-15H2,1-2H3,(H2,22,23,24). The van der Waals surface area contributed by atoms with Crippen molar-refractivity contribution in [3.63, 3.8) is 0 Å². The maximum Gasteiger partial charge on any atom is 0.191 e. The van der Waals surface area contributed by atoms with Gasteiger partial charge in [0.2, 0.25) is 0 Å². The largest absolute Gasteiger partial charge is 0.382 e. The van der Waals surface area contributed by atoms with Crippen LogP contribution in [0.4, 0.5) is 0 Å². The molecule has 148 valence electrons. The smallest absolute Gasteiger partial charge is 0.191 e. The Hall–Kier alpha value is -0.810. The molecule has 4 fully saturated rings. The quantitative estimate of drug-likeness (QED) is 0.415. The van der Waals surface area contributed by atoms with Gasteiger partial charge in [-0.25, -0.2) is 0 Å². The van der Waals surface area contributed by atoms with Crippen molar-refractivity contribution in [2.75, 3.05) is 33.4 Å². The molecule has 1 aliphatic heterocycles. The number of fused-ring (bicyclic) bond motifs is 2. The first-order valence-electron chi connectivity index (χ1n) is 10.9. The van der Waals surface area contributed by atoms with Crippen molar-refractivity contribution in [1.82, 2.24) is 10.6 Å². The Labute approximate surface area is 158 Å². The summed E-state index contributed by atoms with van der Waals surface area (Å²) in [6, 6.07) is 0.554. The molecule has 0 radical (unpaired) electrons. The topological polar surface area (TPSA) is 54.9 Å². The van der Waals surface area contributed by atoms with Gasteiger partial charge < -0.3 is 20.1 Å². The number of hydrogen-bond acceptors (Lipinski definition) is 3. The summed E-state index contributed by atoms with van der Waals surface area (Å²) in [5.41, 5.74) is 0.790. The van der Waals surface area contributed by atoms with Crippen molar-refractivity contribution in [2.45, 2.75) is 76.9 Å². The summed E-state index contributed by atoms with van der Waals surface area (Å²) in [4.78, 5) is 4.56. The van der Waals surface area contributed by atoms with Gasteiger partial charge in [0.25, 0.3) is 0 Å². The molecule has 0 amide bonds. The summed E-state index contributed by atoms with van der Waals surface area (Å²) in [5, 5.41) is 7.49. The van der Waals surface area contributed by atoms with E-state index >= 15 is 0 Å². The molecule has 3 saturated carbocycles. The van der Waals surface area contributed by atoms with Gasteiger partial charge >= 0.3 is 0 Å². The Kier molecular flexibility index (Phi) is 5.47. The van der Waals surface area contributed by atoms with E-state index in [2.05, 4.69) is 22.5 Å². The average Bonchev–Trinajstić information content (AvgIpc) is 3.23. The third-order valence-corrected chi connectivity index (χ3v) is 7.83. The first-order chi connectivity index (χ1) is 12.7. The minimum absolute atomic E-state index is 0.388. The molecule has 3 unspecified atom stereocenters. The van der Waals surface area contributed by atoms with Crippen molar-refractivity contribution in [3.05, 3.63) is 0 Å². The highest BCUT2D eigenvalue weighted by atomic mass is 16.5. The molecule has 0 aromatic heterocycles. The maximum absolute atomic E-state index is 6.05. The number of ether oxygens (including phenoxy) is 2. The minimum atomic E-state index is 0.388. The van der Waals surface area contributed by atoms with Crippen LogP contribution in [0.3, 0.4) is 0 Å². The van der Waals surface area contributed by atoms with Crippen LogP contribution in [-0.4, -0.2) is 51.5 Å². The number of guanidine groups is 1. The monoisotopic (exact) mass is 363 g/mol. The van der Waals surface area contributed by atoms with E-state index < -0.39 is 0 Å². The molecular formula is C21H37N3O2. The predicted octanol–water partition coefficient (Wildman–Crippen LogP) is 3.10. The second-order valence-corrected chi connectivity index (χ2v) is 9.03. The van der Waals surface area contributed by atoms with Crippen LogP contribution < -0.4 is 10.6 Å². The van der Waals surface area contributed by atoms with Crippen molar-refractivity contribution >= 4 is 5.96 Å². The molecule has 3 atom stereocenters. The normalized spacial score (nSPS) is 34.2. The lowest BCUT2D eigenvalue weighted by molar-refractivity contribution is -0.171. The van der Waals surface area contributed by atoms with Crippen LogP contribution >= 0.6 is 0 Å². The number of hydrogen-bond donors (Lipinski definition) is 2. The molecule has 2 N–H and O–H groups in total. The van der Waals surface area contributed by atoms with Gasteiger partial charge in [-0.2, -0.15) is 0 Å². The van der Waals surface area contributed by atoms with Gasteiger partial charge in [-0.15, -0.1) is 0 Å². The lowest BCUT2D eigenvalue weighted by Crippen LogP contribution is -2.72. The molecule has 1 saturated heterocycles. The Balaban J connectivity index is 1.33. The van der Waals surface area contributed by atoms with E-state index in [0.717, 1.165) is 38.7 Å². The van der Waals surface area contributed by atoms with E-state index in [1.807, 2.05) is 7.05 Å². The first kappa shape index (κ1) is 18.5. The minimum Gasteiger partial charge on any atom is -0.382 e. The molecule has 0 bridgehead atoms. The highest BCUT2D eigenvalue weighted by Crippen LogP contribution is 2.62. The fourth-order valence-corrected chi connectivity index (χ4v) is 6.14. The predicted molar refractivity (Wildman–Crippen MR) is 104 cm³/mol. The van der Waals surface area contributed by atoms with E-state index in [4.69, 9.17) is 9.47 Å². The second-order valence-electron chi connectivity index (χ2n) is 9.03. The van der Waals surface area contributed by atoms with Crippen LogP contribution in [0.15, 0.2) is 4.99 Å². The van der Waals surface area contributed by atoms with Gasteiger partial charge in [0, 0.05) is 50.8 Å². The third kappa shape index (κ3) is 3.15. The van der Waals surface area contributed by atoms with Crippen molar-refractivity contribution in [1.29, 1.82) is 0 Å². The maximum atomic E-state index is 6.05. The number of nitrogens with zero attached hydrogens (tertiary/aromatic N) is 1. The summed E-state index contributed by atoms with van der Waals surface area (Å²) in [7, 11) is 1.91. The summed E-state index contributed by atoms with van der Waals surface area (Å²) in [6.07, 6.45) is 12.2. The zero-order valence-electron chi connectivity index (χ0n) is 16.7. The van der Waals surface area contributed by atoms with Gasteiger partial charge in [-0.05, 0) is 50.9 Å². The fraction of sp³-hybridized carbons (Fsp3) is 0.952. The number of nitrogens with one attached hydrogen (secondary N) is 2. The molecule has 4 aliphatic rings. The lowest BCUT2D eigenvalue weighted by Gasteiger charge is -2.63. The third-order valence-electron chi connectivity index (χ3n) is 7.83. The van der Waals surface area contributed by atoms with Gasteiger partial charge in [0.1, 0.15) is 0 Å². The SMILES string of the molecule is CCOCCC1(CNC(=NC)NC2C3CCOC3C23CCC3)CCCC1. The summed E-state index contributed by atoms with van der Waals surface area (Å²) < 4.78 is 11.7. The molecular weight excluding hydrogens is 326 g/mol. The van der Waals surface area contributed by atoms with Crippen LogP contribution in [0.2, 0.25) is 0 Å². The summed E-state index contributed by atoms with van der Waals surface area (Å²) >= 11 is 0. The van der Waals surface area contributed by atoms with Gasteiger partial charge in [0.15, 0.2) is 5.96 Å². The summed E-state index contributed by atoms with van der Waals surface area (Å²) in [5.74, 6) is 1.68. The number of aliphatic imine (C=N–C) groups is 1. The Morgan fingerprint density at radius 1 is 1.19 bits per heavy atom. The second kappa shape index (κ2) is 7.67. The van der Waals surface area contributed by atoms with Crippen LogP contribution in [-0.2, 0) is 9.47 Å². The average molecular weight is 364 g/mol. The van der Waals surface area contributed by atoms with E-state index in [1.54, 1.807) is 0 Å². The molecule has 0 aromatic carbocycles. The molecule has 1 heterocycles. The van der Waals surface area contributed by atoms with Crippen molar-refractivity contribution in [3.8, 4) is 0 Å². The van der Waals surface area contributed by atoms with Gasteiger partial charge in [0.05, 0.1) is 6.10 Å². The van der Waals surface area contributed by atoms with E-state index in [9.17, 15) is 0 Å². The Morgan fingerprint density at radius 3 is 2.65 bits per heavy atom. The lowest BCUT2D eigenvalue weighted by atomic mass is 9.46. The molecule has 1 spiro atoms. The Morgan fingerprint density at radius 2 is 2.00 bits per heavy atom. The van der Waals surface area contributed by atoms with Crippen molar-refractivity contribution in [2.24, 2.45) is 21.7 Å². The van der Waals surface area contributed by atoms with Crippen LogP contribution in [0.5, 0.6) is 0 Å². The van der Waals surface area contributed by atoms with Crippen LogP contribution in [0, 0.1) is 16.7 Å². The highest BCUT2D eigenvalue weighted by molar-refractivity contribution is 5.80. The summed E-state index contributed by atoms with van der Waals surface area (Å²) in [6.45, 7) is 5.75. The van der Waals surface area contributed by atoms with Gasteiger partial charge in [-0.1, -0.05) is 19.3 Å². The zero-order valence-corrected chi connectivity index (χ0v) is 16.7. The molecule has 0 aromatic rings. The van der Waals surface area contributed by atoms with Crippen LogP contribution in [0.1, 0.15) is 64.7 Å². The Bertz CT molecular complexity index is 511. The van der Waals surface area contributed by atoms with Crippen LogP contribution in [0.25, 0.3) is 0 Å². The van der Waals surface area contributed by atoms with Crippen molar-refractivity contribution < 1.29 is 9.47 Å². The van der Waals surface area contributed by atoms with E-state index in [0.29, 0.717) is 28.9 Å². The van der Waals surface area contributed by atoms with E-state index in [1.165, 1.54) is 51.4 Å². The molecule has 5 heteroatoms. The van der Waals surface area contributed by atoms with E-state index in [-0.39, 0.29) is 0 Å². The molecule has 26 heavy (non-hydrogen) atoms. The highest BCUT2D eigenvalue weighted by Gasteiger charge is 2.66. The fourth-order valence-electron chi connectivity index (χ4n) is 6.14. The van der Waals surface area contributed by atoms with Gasteiger partial charge in [-0.3, -0.25) is 4.99 Å². The zero-order chi connectivity index (χ0) is 18.0. The first-order valence-corrected chi connectivity index (χ1v) is 10.9. The molecule has 4 rings (SSSR count). The molecule has 5 nitrogen and oxygen atoms in total.